The van der Waals surface area contributed by atoms with Gasteiger partial charge in [-0.15, -0.1) is 11.3 Å². The van der Waals surface area contributed by atoms with Crippen molar-refractivity contribution in [1.82, 2.24) is 4.90 Å². The van der Waals surface area contributed by atoms with Gasteiger partial charge in [-0.2, -0.15) is 0 Å². The molecule has 0 saturated carbocycles. The van der Waals surface area contributed by atoms with E-state index in [0.717, 1.165) is 37.5 Å². The van der Waals surface area contributed by atoms with Gasteiger partial charge < -0.3 is 0 Å². The highest BCUT2D eigenvalue weighted by atomic mass is 35.5. The summed E-state index contributed by atoms with van der Waals surface area (Å²) in [6.07, 6.45) is 7.75. The minimum atomic E-state index is 1.00. The molecular formula is C14H16ClNS. The van der Waals surface area contributed by atoms with Gasteiger partial charge in [-0.1, -0.05) is 23.8 Å². The topological polar surface area (TPSA) is 3.24 Å². The van der Waals surface area contributed by atoms with Crippen LogP contribution in [0, 0.1) is 0 Å². The molecule has 0 atom stereocenters. The molecule has 1 aromatic rings. The Kier molecular flexibility index (Phi) is 3.37. The molecule has 0 bridgehead atoms. The Morgan fingerprint density at radius 3 is 3.18 bits per heavy atom. The Morgan fingerprint density at radius 2 is 2.29 bits per heavy atom. The van der Waals surface area contributed by atoms with E-state index >= 15 is 0 Å². The number of allylic oxidation sites excluding steroid dienone is 2. The van der Waals surface area contributed by atoms with Crippen molar-refractivity contribution in [2.45, 2.75) is 25.8 Å². The lowest BCUT2D eigenvalue weighted by molar-refractivity contribution is 0.279. The Morgan fingerprint density at radius 1 is 1.35 bits per heavy atom. The zero-order valence-corrected chi connectivity index (χ0v) is 11.4. The second-order valence-corrected chi connectivity index (χ2v) is 6.16. The van der Waals surface area contributed by atoms with Gasteiger partial charge in [0, 0.05) is 29.5 Å². The number of nitrogens with zero attached hydrogens (tertiary/aromatic N) is 1. The summed E-state index contributed by atoms with van der Waals surface area (Å²) >= 11 is 8.18. The molecule has 0 unspecified atom stereocenters. The molecule has 0 radical (unpaired) electrons. The fraction of sp³-hybridized carbons (Fsp3) is 0.429. The molecule has 0 fully saturated rings. The highest BCUT2D eigenvalue weighted by Crippen LogP contribution is 2.27. The van der Waals surface area contributed by atoms with Gasteiger partial charge in [-0.25, -0.2) is 0 Å². The fourth-order valence-corrected chi connectivity index (χ4v) is 3.63. The molecule has 3 heteroatoms. The Labute approximate surface area is 111 Å². The summed E-state index contributed by atoms with van der Waals surface area (Å²) in [5.41, 5.74) is 2.83. The molecule has 0 saturated heterocycles. The molecule has 0 N–H and O–H groups in total. The Bertz CT molecular complexity index is 472. The lowest BCUT2D eigenvalue weighted by Gasteiger charge is -2.28. The highest BCUT2D eigenvalue weighted by molar-refractivity contribution is 7.10. The van der Waals surface area contributed by atoms with E-state index in [-0.39, 0.29) is 0 Å². The van der Waals surface area contributed by atoms with Crippen LogP contribution in [0.25, 0.3) is 0 Å². The largest absolute Gasteiger partial charge is 0.294 e. The molecule has 1 aromatic heterocycles. The minimum Gasteiger partial charge on any atom is -0.294 e. The zero-order chi connectivity index (χ0) is 11.7. The summed E-state index contributed by atoms with van der Waals surface area (Å²) in [6, 6.07) is 2.26. The number of fused-ring (bicyclic) bond motifs is 1. The summed E-state index contributed by atoms with van der Waals surface area (Å²) in [5.74, 6) is 0. The van der Waals surface area contributed by atoms with E-state index in [1.807, 2.05) is 11.3 Å². The van der Waals surface area contributed by atoms with Crippen LogP contribution in [0.15, 0.2) is 34.2 Å². The van der Waals surface area contributed by atoms with Crippen molar-refractivity contribution in [2.24, 2.45) is 0 Å². The quantitative estimate of drug-likeness (QED) is 0.783. The Balaban J connectivity index is 1.70. The van der Waals surface area contributed by atoms with E-state index in [1.165, 1.54) is 17.6 Å². The third-order valence-electron chi connectivity index (χ3n) is 3.48. The monoisotopic (exact) mass is 265 g/mol. The summed E-state index contributed by atoms with van der Waals surface area (Å²) in [4.78, 5) is 4.07. The molecule has 1 aliphatic heterocycles. The third-order valence-corrected chi connectivity index (χ3v) is 4.93. The second-order valence-electron chi connectivity index (χ2n) is 4.70. The molecule has 0 spiro atoms. The number of hydrogen-bond donors (Lipinski definition) is 0. The second kappa shape index (κ2) is 4.97. The fourth-order valence-electron chi connectivity index (χ4n) is 2.51. The molecule has 0 amide bonds. The zero-order valence-electron chi connectivity index (χ0n) is 9.79. The Hall–Kier alpha value is -0.570. The van der Waals surface area contributed by atoms with Crippen molar-refractivity contribution in [3.05, 3.63) is 44.6 Å². The van der Waals surface area contributed by atoms with Gasteiger partial charge in [0.25, 0.3) is 0 Å². The summed E-state index contributed by atoms with van der Waals surface area (Å²) in [5, 5.41) is 3.27. The molecule has 90 valence electrons. The van der Waals surface area contributed by atoms with E-state index in [0.29, 0.717) is 0 Å². The maximum atomic E-state index is 6.28. The number of halogens is 1. The van der Waals surface area contributed by atoms with Crippen LogP contribution < -0.4 is 0 Å². The van der Waals surface area contributed by atoms with Gasteiger partial charge >= 0.3 is 0 Å². The van der Waals surface area contributed by atoms with Crippen LogP contribution in [0.1, 0.15) is 23.3 Å². The molecule has 17 heavy (non-hydrogen) atoms. The predicted molar refractivity (Wildman–Crippen MR) is 74.6 cm³/mol. The summed E-state index contributed by atoms with van der Waals surface area (Å²) < 4.78 is 0. The van der Waals surface area contributed by atoms with E-state index in [9.17, 15) is 0 Å². The van der Waals surface area contributed by atoms with Crippen LogP contribution in [0.4, 0.5) is 0 Å². The average Bonchev–Trinajstić information content (AvgIpc) is 2.79. The standard InChI is InChI=1S/C14H16ClNS/c15-13-4-2-1-3-11(13)9-16-7-5-14-12(10-16)6-8-17-14/h1,3,6,8H,2,4-5,7,9-10H2. The van der Waals surface area contributed by atoms with Gasteiger partial charge in [0.1, 0.15) is 0 Å². The summed E-state index contributed by atoms with van der Waals surface area (Å²) in [7, 11) is 0. The maximum Gasteiger partial charge on any atom is 0.0248 e. The number of hydrogen-bond acceptors (Lipinski definition) is 2. The van der Waals surface area contributed by atoms with Crippen LogP contribution in [0.3, 0.4) is 0 Å². The average molecular weight is 266 g/mol. The molecular weight excluding hydrogens is 250 g/mol. The molecule has 2 heterocycles. The van der Waals surface area contributed by atoms with Crippen LogP contribution >= 0.6 is 22.9 Å². The molecule has 3 rings (SSSR count). The molecule has 2 aliphatic rings. The van der Waals surface area contributed by atoms with Gasteiger partial charge in [0.2, 0.25) is 0 Å². The SMILES string of the molecule is ClC1=C(CN2CCc3sccc3C2)C=CCC1. The van der Waals surface area contributed by atoms with Crippen molar-refractivity contribution in [2.75, 3.05) is 13.1 Å². The number of rotatable bonds is 2. The first-order valence-corrected chi connectivity index (χ1v) is 7.40. The minimum absolute atomic E-state index is 1.00. The molecule has 1 nitrogen and oxygen atoms in total. The van der Waals surface area contributed by atoms with Crippen LogP contribution in [-0.4, -0.2) is 18.0 Å². The van der Waals surface area contributed by atoms with Gasteiger partial charge in [-0.3, -0.25) is 4.90 Å². The normalized spacial score (nSPS) is 20.8. The van der Waals surface area contributed by atoms with Crippen molar-refractivity contribution in [1.29, 1.82) is 0 Å². The predicted octanol–water partition coefficient (Wildman–Crippen LogP) is 3.95. The summed E-state index contributed by atoms with van der Waals surface area (Å²) in [6.45, 7) is 3.25. The molecule has 0 aromatic carbocycles. The lowest BCUT2D eigenvalue weighted by Crippen LogP contribution is -2.31. The molecule has 1 aliphatic carbocycles. The van der Waals surface area contributed by atoms with E-state index in [4.69, 9.17) is 11.6 Å². The van der Waals surface area contributed by atoms with Crippen LogP contribution in [0.2, 0.25) is 0 Å². The van der Waals surface area contributed by atoms with Crippen LogP contribution in [0.5, 0.6) is 0 Å². The van der Waals surface area contributed by atoms with Crippen molar-refractivity contribution in [3.63, 3.8) is 0 Å². The first kappa shape index (κ1) is 11.5. The van der Waals surface area contributed by atoms with Crippen molar-refractivity contribution < 1.29 is 0 Å². The van der Waals surface area contributed by atoms with Gasteiger partial charge in [0.05, 0.1) is 0 Å². The first-order chi connectivity index (χ1) is 8.33. The van der Waals surface area contributed by atoms with Crippen molar-refractivity contribution >= 4 is 22.9 Å². The van der Waals surface area contributed by atoms with Gasteiger partial charge in [0.15, 0.2) is 0 Å². The highest BCUT2D eigenvalue weighted by Gasteiger charge is 2.18. The van der Waals surface area contributed by atoms with E-state index < -0.39 is 0 Å². The lowest BCUT2D eigenvalue weighted by atomic mass is 10.0. The first-order valence-electron chi connectivity index (χ1n) is 6.14. The van der Waals surface area contributed by atoms with Crippen molar-refractivity contribution in [3.8, 4) is 0 Å². The van der Waals surface area contributed by atoms with Gasteiger partial charge in [-0.05, 0) is 41.8 Å². The smallest absolute Gasteiger partial charge is 0.0248 e. The number of thiophene rings is 1. The third kappa shape index (κ3) is 2.49. The van der Waals surface area contributed by atoms with E-state index in [1.54, 1.807) is 4.88 Å². The maximum absolute atomic E-state index is 6.28. The van der Waals surface area contributed by atoms with Crippen LogP contribution in [-0.2, 0) is 13.0 Å². The van der Waals surface area contributed by atoms with E-state index in [2.05, 4.69) is 28.5 Å².